The molecule has 0 amide bonds. The van der Waals surface area contributed by atoms with Gasteiger partial charge in [0.05, 0.1) is 0 Å². The maximum Gasteiger partial charge on any atom is 0.0480 e. The average Bonchev–Trinajstić information content (AvgIpc) is 2.72. The number of fused-ring (bicyclic) bond motifs is 1. The molecule has 1 aliphatic heterocycles. The fraction of sp³-hybridized carbons (Fsp3) is 0.429. The van der Waals surface area contributed by atoms with Crippen LogP contribution >= 0.6 is 0 Å². The number of hydrogen-bond donors (Lipinski definition) is 0. The Bertz CT molecular complexity index is 520. The van der Waals surface area contributed by atoms with E-state index in [1.54, 1.807) is 0 Å². The molecular weight excluding hydrogens is 196 g/mol. The second-order valence-electron chi connectivity index (χ2n) is 4.47. The standard InChI is InChI=1S/C14H20N2/c1-5-7-11-12-9-15(3)10-14(12)16(4)13(11)8-6-2/h6-8H,2,5,9-10H2,1,3-4H3/b11-7-,13-8+. The summed E-state index contributed by atoms with van der Waals surface area (Å²) < 4.78 is 2.31. The Morgan fingerprint density at radius 2 is 2.06 bits per heavy atom. The summed E-state index contributed by atoms with van der Waals surface area (Å²) in [6, 6.07) is 0. The highest BCUT2D eigenvalue weighted by Gasteiger charge is 2.21. The van der Waals surface area contributed by atoms with Gasteiger partial charge in [0.15, 0.2) is 0 Å². The first-order chi connectivity index (χ1) is 7.69. The van der Waals surface area contributed by atoms with Crippen molar-refractivity contribution in [3.8, 4) is 0 Å². The van der Waals surface area contributed by atoms with Crippen LogP contribution in [0, 0.1) is 0 Å². The van der Waals surface area contributed by atoms with Gasteiger partial charge in [-0.25, -0.2) is 0 Å². The molecule has 1 aromatic heterocycles. The molecule has 0 radical (unpaired) electrons. The summed E-state index contributed by atoms with van der Waals surface area (Å²) >= 11 is 0. The normalized spacial score (nSPS) is 18.2. The summed E-state index contributed by atoms with van der Waals surface area (Å²) in [6.07, 6.45) is 7.40. The molecule has 0 unspecified atom stereocenters. The molecule has 2 nitrogen and oxygen atoms in total. The first-order valence-electron chi connectivity index (χ1n) is 5.87. The van der Waals surface area contributed by atoms with Gasteiger partial charge in [-0.15, -0.1) is 0 Å². The Hall–Kier alpha value is -1.28. The Labute approximate surface area is 97.2 Å². The number of allylic oxidation sites excluding steroid dienone is 1. The predicted octanol–water partition coefficient (Wildman–Crippen LogP) is 1.13. The minimum Gasteiger partial charge on any atom is -0.346 e. The van der Waals surface area contributed by atoms with Crippen molar-refractivity contribution in [2.45, 2.75) is 26.4 Å². The van der Waals surface area contributed by atoms with E-state index in [1.165, 1.54) is 21.8 Å². The summed E-state index contributed by atoms with van der Waals surface area (Å²) in [7, 11) is 4.33. The van der Waals surface area contributed by atoms with Crippen molar-refractivity contribution in [3.05, 3.63) is 34.5 Å². The topological polar surface area (TPSA) is 8.17 Å². The third-order valence-electron chi connectivity index (χ3n) is 3.25. The minimum absolute atomic E-state index is 1.06. The van der Waals surface area contributed by atoms with E-state index in [4.69, 9.17) is 0 Å². The summed E-state index contributed by atoms with van der Waals surface area (Å²) in [6.45, 7) is 8.12. The quantitative estimate of drug-likeness (QED) is 0.719. The third kappa shape index (κ3) is 1.63. The molecule has 16 heavy (non-hydrogen) atoms. The Morgan fingerprint density at radius 1 is 1.31 bits per heavy atom. The summed E-state index contributed by atoms with van der Waals surface area (Å²) in [5.74, 6) is 0. The van der Waals surface area contributed by atoms with Gasteiger partial charge < -0.3 is 4.57 Å². The fourth-order valence-corrected chi connectivity index (χ4v) is 2.54. The molecule has 86 valence electrons. The van der Waals surface area contributed by atoms with E-state index in [2.05, 4.69) is 49.2 Å². The van der Waals surface area contributed by atoms with E-state index < -0.39 is 0 Å². The van der Waals surface area contributed by atoms with Crippen molar-refractivity contribution in [1.29, 1.82) is 0 Å². The summed E-state index contributed by atoms with van der Waals surface area (Å²) in [5, 5.41) is 2.71. The second-order valence-corrected chi connectivity index (χ2v) is 4.47. The SMILES string of the molecule is C=C/C=c1\c(=C/CC)c2c(n1C)CN(C)C2. The van der Waals surface area contributed by atoms with Crippen LogP contribution in [0.4, 0.5) is 0 Å². The van der Waals surface area contributed by atoms with Crippen LogP contribution in [-0.2, 0) is 20.1 Å². The highest BCUT2D eigenvalue weighted by atomic mass is 15.1. The molecule has 0 saturated heterocycles. The highest BCUT2D eigenvalue weighted by Crippen LogP contribution is 2.16. The Kier molecular flexibility index (Phi) is 3.01. The average molecular weight is 216 g/mol. The molecular formula is C14H20N2. The van der Waals surface area contributed by atoms with Crippen molar-refractivity contribution < 1.29 is 0 Å². The molecule has 0 N–H and O–H groups in total. The van der Waals surface area contributed by atoms with E-state index in [1.807, 2.05) is 6.08 Å². The van der Waals surface area contributed by atoms with Gasteiger partial charge in [-0.3, -0.25) is 4.90 Å². The van der Waals surface area contributed by atoms with Gasteiger partial charge in [0.25, 0.3) is 0 Å². The van der Waals surface area contributed by atoms with Gasteiger partial charge >= 0.3 is 0 Å². The van der Waals surface area contributed by atoms with Crippen LogP contribution in [0.25, 0.3) is 12.2 Å². The molecule has 2 rings (SSSR count). The smallest absolute Gasteiger partial charge is 0.0480 e. The van der Waals surface area contributed by atoms with Crippen molar-refractivity contribution in [2.75, 3.05) is 7.05 Å². The Balaban J connectivity index is 2.76. The molecule has 1 aromatic rings. The van der Waals surface area contributed by atoms with Gasteiger partial charge in [0.2, 0.25) is 0 Å². The van der Waals surface area contributed by atoms with Crippen LogP contribution in [0.15, 0.2) is 12.7 Å². The predicted molar refractivity (Wildman–Crippen MR) is 69.3 cm³/mol. The molecule has 0 saturated carbocycles. The van der Waals surface area contributed by atoms with E-state index in [9.17, 15) is 0 Å². The van der Waals surface area contributed by atoms with Crippen LogP contribution in [0.2, 0.25) is 0 Å². The molecule has 2 heteroatoms. The van der Waals surface area contributed by atoms with Crippen molar-refractivity contribution in [2.24, 2.45) is 7.05 Å². The lowest BCUT2D eigenvalue weighted by Crippen LogP contribution is -2.31. The molecule has 1 aliphatic rings. The Morgan fingerprint density at radius 3 is 2.69 bits per heavy atom. The lowest BCUT2D eigenvalue weighted by molar-refractivity contribution is 0.346. The molecule has 0 atom stereocenters. The zero-order valence-corrected chi connectivity index (χ0v) is 10.5. The zero-order chi connectivity index (χ0) is 11.7. The van der Waals surface area contributed by atoms with Crippen LogP contribution < -0.4 is 10.6 Å². The largest absolute Gasteiger partial charge is 0.346 e. The molecule has 0 spiro atoms. The van der Waals surface area contributed by atoms with Crippen LogP contribution in [-0.4, -0.2) is 16.5 Å². The van der Waals surface area contributed by atoms with Gasteiger partial charge in [-0.1, -0.05) is 25.7 Å². The van der Waals surface area contributed by atoms with Crippen LogP contribution in [0.3, 0.4) is 0 Å². The molecule has 0 fully saturated rings. The van der Waals surface area contributed by atoms with E-state index in [-0.39, 0.29) is 0 Å². The highest BCUT2D eigenvalue weighted by molar-refractivity contribution is 5.43. The molecule has 0 aromatic carbocycles. The molecule has 0 bridgehead atoms. The van der Waals surface area contributed by atoms with Gasteiger partial charge in [0.1, 0.15) is 0 Å². The third-order valence-corrected chi connectivity index (χ3v) is 3.25. The fourth-order valence-electron chi connectivity index (χ4n) is 2.54. The van der Waals surface area contributed by atoms with Crippen molar-refractivity contribution in [3.63, 3.8) is 0 Å². The minimum atomic E-state index is 1.06. The molecule has 0 aliphatic carbocycles. The first-order valence-corrected chi connectivity index (χ1v) is 5.87. The van der Waals surface area contributed by atoms with Gasteiger partial charge in [-0.2, -0.15) is 0 Å². The lowest BCUT2D eigenvalue weighted by atomic mass is 10.2. The van der Waals surface area contributed by atoms with Crippen LogP contribution in [0.1, 0.15) is 24.6 Å². The number of nitrogens with zero attached hydrogens (tertiary/aromatic N) is 2. The zero-order valence-electron chi connectivity index (χ0n) is 10.5. The van der Waals surface area contributed by atoms with Gasteiger partial charge in [-0.05, 0) is 25.1 Å². The number of hydrogen-bond acceptors (Lipinski definition) is 1. The van der Waals surface area contributed by atoms with E-state index in [0.29, 0.717) is 0 Å². The monoisotopic (exact) mass is 216 g/mol. The van der Waals surface area contributed by atoms with Crippen LogP contribution in [0.5, 0.6) is 0 Å². The number of aromatic nitrogens is 1. The lowest BCUT2D eigenvalue weighted by Gasteiger charge is -2.06. The second kappa shape index (κ2) is 4.30. The maximum atomic E-state index is 3.80. The van der Waals surface area contributed by atoms with Gasteiger partial charge in [0, 0.05) is 36.4 Å². The van der Waals surface area contributed by atoms with E-state index >= 15 is 0 Å². The summed E-state index contributed by atoms with van der Waals surface area (Å²) in [5.41, 5.74) is 2.95. The number of rotatable bonds is 2. The molecule has 2 heterocycles. The summed E-state index contributed by atoms with van der Waals surface area (Å²) in [4.78, 5) is 2.36. The first kappa shape index (κ1) is 11.2. The van der Waals surface area contributed by atoms with Crippen molar-refractivity contribution in [1.82, 2.24) is 9.47 Å². The van der Waals surface area contributed by atoms with E-state index in [0.717, 1.165) is 19.5 Å². The van der Waals surface area contributed by atoms with Crippen molar-refractivity contribution >= 4 is 12.2 Å². The maximum absolute atomic E-state index is 3.80.